The Bertz CT molecular complexity index is 369. The minimum absolute atomic E-state index is 0.628. The van der Waals surface area contributed by atoms with Gasteiger partial charge in [-0.1, -0.05) is 44.2 Å². The van der Waals surface area contributed by atoms with Crippen molar-refractivity contribution in [3.8, 4) is 0 Å². The summed E-state index contributed by atoms with van der Waals surface area (Å²) in [5.74, 6) is 0.628. The summed E-state index contributed by atoms with van der Waals surface area (Å²) in [7, 11) is 0. The molecule has 0 amide bonds. The lowest BCUT2D eigenvalue weighted by molar-refractivity contribution is 0.889. The highest BCUT2D eigenvalue weighted by molar-refractivity contribution is 7.13. The van der Waals surface area contributed by atoms with E-state index in [0.29, 0.717) is 5.92 Å². The van der Waals surface area contributed by atoms with Gasteiger partial charge in [-0.2, -0.15) is 0 Å². The van der Waals surface area contributed by atoms with Crippen molar-refractivity contribution in [2.45, 2.75) is 19.8 Å². The molecule has 1 aliphatic carbocycles. The zero-order valence-corrected chi connectivity index (χ0v) is 9.34. The van der Waals surface area contributed by atoms with Crippen LogP contribution in [0, 0.1) is 0 Å². The molecule has 1 aromatic heterocycles. The van der Waals surface area contributed by atoms with Crippen LogP contribution in [0.4, 0.5) is 0 Å². The maximum absolute atomic E-state index is 2.30. The first-order valence-electron chi connectivity index (χ1n) is 4.92. The fraction of sp³-hybridized carbons (Fsp3) is 0.231. The Balaban J connectivity index is 2.45. The van der Waals surface area contributed by atoms with Gasteiger partial charge in [0.1, 0.15) is 0 Å². The van der Waals surface area contributed by atoms with Crippen molar-refractivity contribution in [2.75, 3.05) is 0 Å². The monoisotopic (exact) mass is 202 g/mol. The van der Waals surface area contributed by atoms with Crippen LogP contribution in [0.25, 0.3) is 12.2 Å². The van der Waals surface area contributed by atoms with E-state index in [1.54, 1.807) is 0 Å². The van der Waals surface area contributed by atoms with Crippen LogP contribution in [-0.2, 0) is 0 Å². The average molecular weight is 202 g/mol. The highest BCUT2D eigenvalue weighted by atomic mass is 32.1. The number of allylic oxidation sites excluding steroid dienone is 4. The zero-order chi connectivity index (χ0) is 9.97. The van der Waals surface area contributed by atoms with Gasteiger partial charge in [0.25, 0.3) is 0 Å². The van der Waals surface area contributed by atoms with Crippen molar-refractivity contribution in [1.29, 1.82) is 0 Å². The normalized spacial score (nSPS) is 21.1. The smallest absolute Gasteiger partial charge is 0.0345 e. The van der Waals surface area contributed by atoms with Crippen LogP contribution in [-0.4, -0.2) is 0 Å². The summed E-state index contributed by atoms with van der Waals surface area (Å²) < 4.78 is 0. The summed E-state index contributed by atoms with van der Waals surface area (Å²) in [5, 5.41) is 0. The van der Waals surface area contributed by atoms with Gasteiger partial charge in [-0.15, -0.1) is 11.3 Å². The molecule has 0 aromatic carbocycles. The van der Waals surface area contributed by atoms with Gasteiger partial charge in [0, 0.05) is 9.75 Å². The molecule has 1 heteroatoms. The number of hydrogen-bond acceptors (Lipinski definition) is 1. The molecular weight excluding hydrogens is 188 g/mol. The zero-order valence-electron chi connectivity index (χ0n) is 8.53. The molecule has 1 aliphatic rings. The molecule has 0 spiro atoms. The predicted molar refractivity (Wildman–Crippen MR) is 65.6 cm³/mol. The Kier molecular flexibility index (Phi) is 2.69. The van der Waals surface area contributed by atoms with Gasteiger partial charge < -0.3 is 0 Å². The Morgan fingerprint density at radius 3 is 2.43 bits per heavy atom. The third kappa shape index (κ3) is 1.88. The van der Waals surface area contributed by atoms with Crippen molar-refractivity contribution < 1.29 is 0 Å². The number of thiophene rings is 1. The topological polar surface area (TPSA) is 0 Å². The molecule has 0 radical (unpaired) electrons. The summed E-state index contributed by atoms with van der Waals surface area (Å²) in [6, 6.07) is 2.30. The Morgan fingerprint density at radius 1 is 1.00 bits per heavy atom. The van der Waals surface area contributed by atoms with Gasteiger partial charge in [0.05, 0.1) is 0 Å². The molecule has 0 nitrogen and oxygen atoms in total. The van der Waals surface area contributed by atoms with Crippen LogP contribution in [0.15, 0.2) is 30.4 Å². The van der Waals surface area contributed by atoms with E-state index in [0.717, 1.165) is 0 Å². The number of hydrogen-bond donors (Lipinski definition) is 0. The van der Waals surface area contributed by atoms with Gasteiger partial charge in [0.15, 0.2) is 0 Å². The molecule has 0 aliphatic heterocycles. The third-order valence-electron chi connectivity index (χ3n) is 2.24. The second kappa shape index (κ2) is 3.97. The van der Waals surface area contributed by atoms with Gasteiger partial charge in [0.2, 0.25) is 0 Å². The van der Waals surface area contributed by atoms with Gasteiger partial charge in [-0.25, -0.2) is 0 Å². The van der Waals surface area contributed by atoms with Gasteiger partial charge in [-0.3, -0.25) is 0 Å². The van der Waals surface area contributed by atoms with Crippen molar-refractivity contribution in [1.82, 2.24) is 0 Å². The molecule has 14 heavy (non-hydrogen) atoms. The van der Waals surface area contributed by atoms with E-state index in [1.807, 2.05) is 11.3 Å². The van der Waals surface area contributed by atoms with E-state index in [1.165, 1.54) is 15.3 Å². The van der Waals surface area contributed by atoms with Gasteiger partial charge in [-0.05, 0) is 23.6 Å². The molecule has 0 unspecified atom stereocenters. The second-order valence-corrected chi connectivity index (χ2v) is 4.84. The van der Waals surface area contributed by atoms with E-state index in [9.17, 15) is 0 Å². The van der Waals surface area contributed by atoms with Crippen LogP contribution >= 0.6 is 11.3 Å². The average Bonchev–Trinajstić information content (AvgIpc) is 2.48. The fourth-order valence-corrected chi connectivity index (χ4v) is 2.48. The SMILES string of the molecule is CC(C)c1cc2c(s1)\C=C/C=C\C=C/2. The first kappa shape index (κ1) is 9.47. The van der Waals surface area contributed by atoms with Gasteiger partial charge >= 0.3 is 0 Å². The molecule has 72 valence electrons. The first-order chi connectivity index (χ1) is 6.77. The number of fused-ring (bicyclic) bond motifs is 1. The molecule has 0 fully saturated rings. The molecule has 1 heterocycles. The third-order valence-corrected chi connectivity index (χ3v) is 3.65. The Labute approximate surface area is 89.3 Å². The van der Waals surface area contributed by atoms with E-state index in [-0.39, 0.29) is 0 Å². The first-order valence-corrected chi connectivity index (χ1v) is 5.74. The summed E-state index contributed by atoms with van der Waals surface area (Å²) in [5.41, 5.74) is 1.35. The van der Waals surface area contributed by atoms with Crippen molar-refractivity contribution in [2.24, 2.45) is 0 Å². The minimum atomic E-state index is 0.628. The molecule has 0 saturated carbocycles. The van der Waals surface area contributed by atoms with E-state index >= 15 is 0 Å². The van der Waals surface area contributed by atoms with Crippen LogP contribution < -0.4 is 0 Å². The molecular formula is C13H14S. The maximum Gasteiger partial charge on any atom is 0.0345 e. The minimum Gasteiger partial charge on any atom is -0.140 e. The standard InChI is InChI=1S/C13H14S/c1-10(2)13-9-11-7-5-3-4-6-8-12(11)14-13/h3-10H,1-2H3/b4-3-,5-3?,6-4?,7-5-,8-6-,11-7?,12-8?. The van der Waals surface area contributed by atoms with Crippen LogP contribution in [0.3, 0.4) is 0 Å². The lowest BCUT2D eigenvalue weighted by Crippen LogP contribution is -1.78. The van der Waals surface area contributed by atoms with E-state index in [2.05, 4.69) is 56.4 Å². The summed E-state index contributed by atoms with van der Waals surface area (Å²) in [6.45, 7) is 4.48. The summed E-state index contributed by atoms with van der Waals surface area (Å²) in [4.78, 5) is 2.83. The molecule has 1 aromatic rings. The Morgan fingerprint density at radius 2 is 1.71 bits per heavy atom. The Hall–Kier alpha value is -1.08. The maximum atomic E-state index is 2.30. The number of rotatable bonds is 1. The van der Waals surface area contributed by atoms with Crippen molar-refractivity contribution >= 4 is 23.5 Å². The molecule has 0 N–H and O–H groups in total. The molecule has 0 saturated heterocycles. The quantitative estimate of drug-likeness (QED) is 0.630. The highest BCUT2D eigenvalue weighted by Gasteiger charge is 2.07. The van der Waals surface area contributed by atoms with Crippen LogP contribution in [0.2, 0.25) is 0 Å². The highest BCUT2D eigenvalue weighted by Crippen LogP contribution is 2.30. The molecule has 0 bridgehead atoms. The fourth-order valence-electron chi connectivity index (χ4n) is 1.42. The summed E-state index contributed by atoms with van der Waals surface area (Å²) >= 11 is 1.89. The molecule has 0 atom stereocenters. The second-order valence-electron chi connectivity index (χ2n) is 3.73. The largest absolute Gasteiger partial charge is 0.140 e. The van der Waals surface area contributed by atoms with Crippen LogP contribution in [0.5, 0.6) is 0 Å². The van der Waals surface area contributed by atoms with E-state index < -0.39 is 0 Å². The van der Waals surface area contributed by atoms with Crippen LogP contribution in [0.1, 0.15) is 35.1 Å². The van der Waals surface area contributed by atoms with E-state index in [4.69, 9.17) is 0 Å². The van der Waals surface area contributed by atoms with Crippen molar-refractivity contribution in [3.63, 3.8) is 0 Å². The van der Waals surface area contributed by atoms with Crippen molar-refractivity contribution in [3.05, 3.63) is 45.7 Å². The lowest BCUT2D eigenvalue weighted by Gasteiger charge is -1.96. The lowest BCUT2D eigenvalue weighted by atomic mass is 10.1. The summed E-state index contributed by atoms with van der Waals surface area (Å²) in [6.07, 6.45) is 12.7. The molecule has 2 rings (SSSR count). The predicted octanol–water partition coefficient (Wildman–Crippen LogP) is 4.47.